The van der Waals surface area contributed by atoms with Crippen LogP contribution in [0.15, 0.2) is 61.2 Å². The van der Waals surface area contributed by atoms with Crippen LogP contribution in [0.2, 0.25) is 10.0 Å². The molecule has 3 heterocycles. The number of carbonyl (C=O) groups excluding carboxylic acids is 1. The van der Waals surface area contributed by atoms with E-state index in [0.717, 1.165) is 24.5 Å². The third kappa shape index (κ3) is 6.02. The summed E-state index contributed by atoms with van der Waals surface area (Å²) in [7, 11) is 0. The Labute approximate surface area is 231 Å². The average Bonchev–Trinajstić information content (AvgIpc) is 3.59. The third-order valence-electron chi connectivity index (χ3n) is 6.59. The molecule has 38 heavy (non-hydrogen) atoms. The molecule has 2 fully saturated rings. The maximum absolute atomic E-state index is 11.9. The first-order valence-corrected chi connectivity index (χ1v) is 13.3. The molecule has 0 saturated carbocycles. The van der Waals surface area contributed by atoms with Crippen molar-refractivity contribution in [2.45, 2.75) is 25.4 Å². The number of imidazole rings is 1. The maximum atomic E-state index is 11.9. The highest BCUT2D eigenvalue weighted by atomic mass is 35.5. The molecule has 0 radical (unpaired) electrons. The Balaban J connectivity index is 1.19. The summed E-state index contributed by atoms with van der Waals surface area (Å²) >= 11 is 12.7. The Morgan fingerprint density at radius 3 is 2.61 bits per heavy atom. The predicted octanol–water partition coefficient (Wildman–Crippen LogP) is 4.82. The van der Waals surface area contributed by atoms with E-state index < -0.39 is 5.79 Å². The lowest BCUT2D eigenvalue weighted by Gasteiger charge is -2.35. The molecule has 1 amide bonds. The van der Waals surface area contributed by atoms with Gasteiger partial charge in [-0.15, -0.1) is 0 Å². The molecule has 202 valence electrons. The molecule has 2 aromatic carbocycles. The van der Waals surface area contributed by atoms with E-state index in [9.17, 15) is 4.79 Å². The molecule has 9 nitrogen and oxygen atoms in total. The molecule has 0 aliphatic carbocycles. The van der Waals surface area contributed by atoms with E-state index in [0.29, 0.717) is 55.1 Å². The fourth-order valence-electron chi connectivity index (χ4n) is 4.68. The average molecular weight is 561 g/mol. The van der Waals surface area contributed by atoms with Gasteiger partial charge in [-0.3, -0.25) is 0 Å². The highest BCUT2D eigenvalue weighted by molar-refractivity contribution is 6.35. The van der Waals surface area contributed by atoms with Gasteiger partial charge in [0.25, 0.3) is 0 Å². The largest absolute Gasteiger partial charge is 0.491 e. The zero-order valence-corrected chi connectivity index (χ0v) is 22.6. The van der Waals surface area contributed by atoms with Gasteiger partial charge in [0.05, 0.1) is 31.1 Å². The van der Waals surface area contributed by atoms with Crippen molar-refractivity contribution in [3.8, 4) is 5.75 Å². The second-order valence-corrected chi connectivity index (χ2v) is 9.98. The number of anilines is 1. The van der Waals surface area contributed by atoms with Gasteiger partial charge < -0.3 is 33.3 Å². The molecule has 2 saturated heterocycles. The van der Waals surface area contributed by atoms with Gasteiger partial charge in [0.1, 0.15) is 18.5 Å². The van der Waals surface area contributed by atoms with Gasteiger partial charge >= 0.3 is 6.09 Å². The van der Waals surface area contributed by atoms with Crippen molar-refractivity contribution in [1.82, 2.24) is 14.5 Å². The van der Waals surface area contributed by atoms with Crippen LogP contribution >= 0.6 is 23.2 Å². The van der Waals surface area contributed by atoms with Crippen LogP contribution in [0.25, 0.3) is 0 Å². The quantitative estimate of drug-likeness (QED) is 0.391. The van der Waals surface area contributed by atoms with Gasteiger partial charge in [-0.2, -0.15) is 0 Å². The first-order chi connectivity index (χ1) is 18.5. The number of rotatable bonds is 8. The van der Waals surface area contributed by atoms with Crippen molar-refractivity contribution in [1.29, 1.82) is 0 Å². The SMILES string of the molecule is CCOC(=O)N1CCN(c2ccc(OC[C@@H]3CO[C@@](Cn4ccnc4)(c4ccc(Cl)cc4Cl)O3)cc2)CC1. The van der Waals surface area contributed by atoms with E-state index in [1.54, 1.807) is 29.6 Å². The highest BCUT2D eigenvalue weighted by Crippen LogP contribution is 2.40. The smallest absolute Gasteiger partial charge is 0.409 e. The molecule has 2 aliphatic heterocycles. The molecular formula is C27H30Cl2N4O5. The summed E-state index contributed by atoms with van der Waals surface area (Å²) in [4.78, 5) is 20.0. The fourth-order valence-corrected chi connectivity index (χ4v) is 5.23. The van der Waals surface area contributed by atoms with Crippen LogP contribution in [-0.2, 0) is 26.5 Å². The Morgan fingerprint density at radius 1 is 1.13 bits per heavy atom. The topological polar surface area (TPSA) is 78.3 Å². The minimum Gasteiger partial charge on any atom is -0.491 e. The summed E-state index contributed by atoms with van der Waals surface area (Å²) in [6.07, 6.45) is 4.71. The molecule has 1 aromatic heterocycles. The summed E-state index contributed by atoms with van der Waals surface area (Å²) in [6.45, 7) is 6.00. The molecule has 11 heteroatoms. The van der Waals surface area contributed by atoms with Crippen molar-refractivity contribution in [2.75, 3.05) is 50.9 Å². The molecule has 3 aromatic rings. The van der Waals surface area contributed by atoms with Gasteiger partial charge in [-0.05, 0) is 43.3 Å². The molecule has 0 N–H and O–H groups in total. The number of aromatic nitrogens is 2. The van der Waals surface area contributed by atoms with E-state index in [4.69, 9.17) is 42.1 Å². The highest BCUT2D eigenvalue weighted by Gasteiger charge is 2.45. The monoisotopic (exact) mass is 560 g/mol. The van der Waals surface area contributed by atoms with E-state index in [-0.39, 0.29) is 12.2 Å². The van der Waals surface area contributed by atoms with E-state index in [1.807, 2.05) is 48.0 Å². The van der Waals surface area contributed by atoms with Crippen LogP contribution in [0.1, 0.15) is 12.5 Å². The lowest BCUT2D eigenvalue weighted by atomic mass is 10.1. The van der Waals surface area contributed by atoms with Crippen molar-refractivity contribution in [3.63, 3.8) is 0 Å². The molecular weight excluding hydrogens is 531 g/mol. The number of piperazine rings is 1. The Morgan fingerprint density at radius 2 is 1.92 bits per heavy atom. The van der Waals surface area contributed by atoms with Crippen LogP contribution < -0.4 is 9.64 Å². The van der Waals surface area contributed by atoms with E-state index in [2.05, 4.69) is 9.88 Å². The van der Waals surface area contributed by atoms with Crippen molar-refractivity contribution >= 4 is 35.0 Å². The first kappa shape index (κ1) is 26.6. The third-order valence-corrected chi connectivity index (χ3v) is 7.14. The van der Waals surface area contributed by atoms with Crippen LogP contribution in [0.5, 0.6) is 5.75 Å². The maximum Gasteiger partial charge on any atom is 0.409 e. The zero-order valence-electron chi connectivity index (χ0n) is 21.1. The van der Waals surface area contributed by atoms with Crippen molar-refractivity contribution in [2.24, 2.45) is 0 Å². The zero-order chi connectivity index (χ0) is 26.5. The molecule has 0 bridgehead atoms. The summed E-state index contributed by atoms with van der Waals surface area (Å²) < 4.78 is 25.7. The number of hydrogen-bond donors (Lipinski definition) is 0. The van der Waals surface area contributed by atoms with Gasteiger partial charge in [0, 0.05) is 54.8 Å². The van der Waals surface area contributed by atoms with Crippen LogP contribution in [0.3, 0.4) is 0 Å². The molecule has 5 rings (SSSR count). The Kier molecular flexibility index (Phi) is 8.28. The van der Waals surface area contributed by atoms with Crippen LogP contribution in [0, 0.1) is 0 Å². The standard InChI is InChI=1S/C27H30Cl2N4O5/c1-2-35-26(34)33-13-11-32(12-14-33)21-4-6-22(7-5-21)36-16-23-17-37-27(38-23,18-31-10-9-30-19-31)24-8-3-20(28)15-25(24)29/h3-10,15,19,23H,2,11-14,16-18H2,1H3/t23-,27-/m1/s1. The minimum atomic E-state index is -1.09. The molecule has 0 unspecified atom stereocenters. The van der Waals surface area contributed by atoms with Gasteiger partial charge in [-0.1, -0.05) is 29.3 Å². The lowest BCUT2D eigenvalue weighted by molar-refractivity contribution is -0.189. The van der Waals surface area contributed by atoms with E-state index >= 15 is 0 Å². The van der Waals surface area contributed by atoms with Gasteiger partial charge in [0.2, 0.25) is 5.79 Å². The second kappa shape index (κ2) is 11.8. The van der Waals surface area contributed by atoms with E-state index in [1.165, 1.54) is 0 Å². The van der Waals surface area contributed by atoms with Crippen molar-refractivity contribution < 1.29 is 23.7 Å². The van der Waals surface area contributed by atoms with Gasteiger partial charge in [0.15, 0.2) is 0 Å². The normalized spacial score (nSPS) is 21.5. The molecule has 2 aliphatic rings. The Hall–Kier alpha value is -2.98. The molecule has 0 spiro atoms. The first-order valence-electron chi connectivity index (χ1n) is 12.6. The molecule has 2 atom stereocenters. The fraction of sp³-hybridized carbons (Fsp3) is 0.407. The predicted molar refractivity (Wildman–Crippen MR) is 144 cm³/mol. The number of benzene rings is 2. The number of nitrogens with zero attached hydrogens (tertiary/aromatic N) is 4. The lowest BCUT2D eigenvalue weighted by Crippen LogP contribution is -2.48. The summed E-state index contributed by atoms with van der Waals surface area (Å²) in [5, 5.41) is 1.01. The van der Waals surface area contributed by atoms with Crippen molar-refractivity contribution in [3.05, 3.63) is 76.8 Å². The second-order valence-electron chi connectivity index (χ2n) is 9.14. The number of halogens is 2. The summed E-state index contributed by atoms with van der Waals surface area (Å²) in [5.41, 5.74) is 1.78. The number of amides is 1. The van der Waals surface area contributed by atoms with Gasteiger partial charge in [-0.25, -0.2) is 9.78 Å². The number of hydrogen-bond acceptors (Lipinski definition) is 7. The number of ether oxygens (including phenoxy) is 4. The summed E-state index contributed by atoms with van der Waals surface area (Å²) in [5.74, 6) is -0.356. The van der Waals surface area contributed by atoms with Crippen LogP contribution in [0.4, 0.5) is 10.5 Å². The Bertz CT molecular complexity index is 1220. The summed E-state index contributed by atoms with van der Waals surface area (Å²) in [6, 6.07) is 13.2. The minimum absolute atomic E-state index is 0.249. The number of carbonyl (C=O) groups is 1. The van der Waals surface area contributed by atoms with Crippen LogP contribution in [-0.4, -0.2) is 72.6 Å².